The van der Waals surface area contributed by atoms with Crippen molar-refractivity contribution in [2.45, 2.75) is 0 Å². The highest BCUT2D eigenvalue weighted by Crippen LogP contribution is 2.30. The Morgan fingerprint density at radius 3 is 2.41 bits per heavy atom. The van der Waals surface area contributed by atoms with Crippen molar-refractivity contribution in [2.24, 2.45) is 0 Å². The van der Waals surface area contributed by atoms with Crippen LogP contribution in [0.2, 0.25) is 10.0 Å². The number of hydrogen-bond donors (Lipinski definition) is 0. The molecule has 0 spiro atoms. The van der Waals surface area contributed by atoms with E-state index in [4.69, 9.17) is 32.7 Å². The number of benzene rings is 2. The molecule has 0 aliphatic carbocycles. The van der Waals surface area contributed by atoms with Gasteiger partial charge in [-0.25, -0.2) is 0 Å². The summed E-state index contributed by atoms with van der Waals surface area (Å²) in [6.45, 7) is 0. The summed E-state index contributed by atoms with van der Waals surface area (Å²) in [5.41, 5.74) is 1.92. The second-order valence-electron chi connectivity index (χ2n) is 4.41. The highest BCUT2D eigenvalue weighted by Gasteiger charge is 2.08. The van der Waals surface area contributed by atoms with Gasteiger partial charge in [0, 0.05) is 11.6 Å². The van der Waals surface area contributed by atoms with Crippen LogP contribution in [-0.2, 0) is 0 Å². The van der Waals surface area contributed by atoms with Crippen LogP contribution in [0.15, 0.2) is 36.4 Å². The molecule has 0 unspecified atom stereocenters. The van der Waals surface area contributed by atoms with E-state index in [-0.39, 0.29) is 0 Å². The lowest BCUT2D eigenvalue weighted by atomic mass is 10.0. The Morgan fingerprint density at radius 2 is 1.82 bits per heavy atom. The molecule has 2 aromatic carbocycles. The van der Waals surface area contributed by atoms with Crippen molar-refractivity contribution in [1.29, 1.82) is 5.26 Å². The van der Waals surface area contributed by atoms with Gasteiger partial charge >= 0.3 is 0 Å². The molecule has 22 heavy (non-hydrogen) atoms. The third-order valence-electron chi connectivity index (χ3n) is 3.09. The van der Waals surface area contributed by atoms with Crippen LogP contribution in [0.1, 0.15) is 11.1 Å². The molecule has 0 atom stereocenters. The van der Waals surface area contributed by atoms with E-state index in [0.29, 0.717) is 32.7 Å². The zero-order valence-electron chi connectivity index (χ0n) is 12.1. The summed E-state index contributed by atoms with van der Waals surface area (Å²) in [5, 5.41) is 10.3. The Labute approximate surface area is 139 Å². The molecule has 3 nitrogen and oxygen atoms in total. The Hall–Kier alpha value is -2.15. The smallest absolute Gasteiger partial charge is 0.129 e. The van der Waals surface area contributed by atoms with Crippen LogP contribution in [-0.4, -0.2) is 14.2 Å². The molecule has 0 radical (unpaired) electrons. The number of allylic oxidation sites excluding steroid dienone is 1. The van der Waals surface area contributed by atoms with Crippen molar-refractivity contribution >= 4 is 34.9 Å². The molecule has 0 saturated carbocycles. The monoisotopic (exact) mass is 333 g/mol. The SMILES string of the molecule is COc1ccc(/C=C(/C#N)c2ccc(Cl)c(Cl)c2)c(OC)c1. The van der Waals surface area contributed by atoms with Crippen LogP contribution in [0.5, 0.6) is 11.5 Å². The average molecular weight is 334 g/mol. The Kier molecular flexibility index (Phi) is 5.32. The minimum atomic E-state index is 0.405. The van der Waals surface area contributed by atoms with Gasteiger partial charge in [-0.2, -0.15) is 5.26 Å². The first-order valence-electron chi connectivity index (χ1n) is 6.38. The van der Waals surface area contributed by atoms with Gasteiger partial charge in [0.15, 0.2) is 0 Å². The van der Waals surface area contributed by atoms with Gasteiger partial charge in [-0.1, -0.05) is 29.3 Å². The molecule has 0 heterocycles. The molecule has 0 aliphatic heterocycles. The number of ether oxygens (including phenoxy) is 2. The molecule has 0 fully saturated rings. The molecular weight excluding hydrogens is 321 g/mol. The molecule has 0 N–H and O–H groups in total. The number of nitrogens with zero attached hydrogens (tertiary/aromatic N) is 1. The summed E-state index contributed by atoms with van der Waals surface area (Å²) in [7, 11) is 3.15. The van der Waals surface area contributed by atoms with E-state index in [1.165, 1.54) is 0 Å². The second kappa shape index (κ2) is 7.22. The van der Waals surface area contributed by atoms with Crippen LogP contribution in [0, 0.1) is 11.3 Å². The predicted octanol–water partition coefficient (Wildman–Crippen LogP) is 5.07. The van der Waals surface area contributed by atoms with Gasteiger partial charge in [0.25, 0.3) is 0 Å². The van der Waals surface area contributed by atoms with Gasteiger partial charge in [0.05, 0.1) is 35.9 Å². The number of hydrogen-bond acceptors (Lipinski definition) is 3. The fraction of sp³-hybridized carbons (Fsp3) is 0.118. The van der Waals surface area contributed by atoms with E-state index < -0.39 is 0 Å². The van der Waals surface area contributed by atoms with E-state index in [1.807, 2.05) is 6.07 Å². The lowest BCUT2D eigenvalue weighted by Gasteiger charge is -2.08. The fourth-order valence-corrected chi connectivity index (χ4v) is 2.24. The molecule has 112 valence electrons. The lowest BCUT2D eigenvalue weighted by Crippen LogP contribution is -1.90. The summed E-state index contributed by atoms with van der Waals surface area (Å²) >= 11 is 11.9. The van der Waals surface area contributed by atoms with Gasteiger partial charge < -0.3 is 9.47 Å². The molecular formula is C17H13Cl2NO2. The first-order chi connectivity index (χ1) is 10.6. The molecule has 0 saturated heterocycles. The van der Waals surface area contributed by atoms with Crippen molar-refractivity contribution in [2.75, 3.05) is 14.2 Å². The van der Waals surface area contributed by atoms with Crippen LogP contribution >= 0.6 is 23.2 Å². The van der Waals surface area contributed by atoms with E-state index in [2.05, 4.69) is 6.07 Å². The van der Waals surface area contributed by atoms with Crippen molar-refractivity contribution in [3.05, 3.63) is 57.6 Å². The van der Waals surface area contributed by atoms with Gasteiger partial charge in [-0.3, -0.25) is 0 Å². The number of nitriles is 1. The van der Waals surface area contributed by atoms with Crippen LogP contribution in [0.4, 0.5) is 0 Å². The van der Waals surface area contributed by atoms with Crippen molar-refractivity contribution in [1.82, 2.24) is 0 Å². The third kappa shape index (κ3) is 3.54. The fourth-order valence-electron chi connectivity index (χ4n) is 1.94. The summed E-state index contributed by atoms with van der Waals surface area (Å²) in [4.78, 5) is 0. The maximum Gasteiger partial charge on any atom is 0.129 e. The Bertz CT molecular complexity index is 764. The maximum atomic E-state index is 9.41. The topological polar surface area (TPSA) is 42.2 Å². The summed E-state index contributed by atoms with van der Waals surface area (Å²) in [5.74, 6) is 1.30. The first kappa shape index (κ1) is 16.2. The van der Waals surface area contributed by atoms with Crippen molar-refractivity contribution < 1.29 is 9.47 Å². The van der Waals surface area contributed by atoms with E-state index in [9.17, 15) is 5.26 Å². The van der Waals surface area contributed by atoms with E-state index in [0.717, 1.165) is 5.56 Å². The van der Waals surface area contributed by atoms with Gasteiger partial charge in [0.1, 0.15) is 11.5 Å². The number of halogens is 2. The molecule has 0 aromatic heterocycles. The average Bonchev–Trinajstić information content (AvgIpc) is 2.55. The highest BCUT2D eigenvalue weighted by atomic mass is 35.5. The number of methoxy groups -OCH3 is 2. The van der Waals surface area contributed by atoms with E-state index >= 15 is 0 Å². The number of rotatable bonds is 4. The quantitative estimate of drug-likeness (QED) is 0.579. The van der Waals surface area contributed by atoms with Crippen LogP contribution < -0.4 is 9.47 Å². The summed E-state index contributed by atoms with van der Waals surface area (Å²) in [6, 6.07) is 12.6. The highest BCUT2D eigenvalue weighted by molar-refractivity contribution is 6.42. The van der Waals surface area contributed by atoms with Gasteiger partial charge in [-0.05, 0) is 35.9 Å². The molecule has 2 aromatic rings. The lowest BCUT2D eigenvalue weighted by molar-refractivity contribution is 0.394. The zero-order valence-corrected chi connectivity index (χ0v) is 13.6. The largest absolute Gasteiger partial charge is 0.497 e. The van der Waals surface area contributed by atoms with Crippen LogP contribution in [0.3, 0.4) is 0 Å². The minimum Gasteiger partial charge on any atom is -0.497 e. The van der Waals surface area contributed by atoms with E-state index in [1.54, 1.807) is 50.6 Å². The molecule has 0 amide bonds. The molecule has 2 rings (SSSR count). The molecule has 0 bridgehead atoms. The third-order valence-corrected chi connectivity index (χ3v) is 3.83. The zero-order chi connectivity index (χ0) is 16.1. The minimum absolute atomic E-state index is 0.405. The van der Waals surface area contributed by atoms with Crippen molar-refractivity contribution in [3.63, 3.8) is 0 Å². The molecule has 5 heteroatoms. The van der Waals surface area contributed by atoms with Crippen molar-refractivity contribution in [3.8, 4) is 17.6 Å². The normalized spacial score (nSPS) is 11.0. The first-order valence-corrected chi connectivity index (χ1v) is 7.14. The van der Waals surface area contributed by atoms with Gasteiger partial charge in [0.2, 0.25) is 0 Å². The van der Waals surface area contributed by atoms with Gasteiger partial charge in [-0.15, -0.1) is 0 Å². The Balaban J connectivity index is 2.49. The van der Waals surface area contributed by atoms with Crippen LogP contribution in [0.25, 0.3) is 11.6 Å². The second-order valence-corrected chi connectivity index (χ2v) is 5.22. The molecule has 0 aliphatic rings. The standard InChI is InChI=1S/C17H13Cl2NO2/c1-21-14-5-3-12(17(9-14)22-2)7-13(10-20)11-4-6-15(18)16(19)8-11/h3-9H,1-2H3/b13-7-. The summed E-state index contributed by atoms with van der Waals surface area (Å²) < 4.78 is 10.5. The maximum absolute atomic E-state index is 9.41. The summed E-state index contributed by atoms with van der Waals surface area (Å²) in [6.07, 6.45) is 1.73. The predicted molar refractivity (Wildman–Crippen MR) is 89.5 cm³/mol. The Morgan fingerprint density at radius 1 is 1.05 bits per heavy atom.